The van der Waals surface area contributed by atoms with Crippen LogP contribution >= 0.6 is 34.2 Å². The summed E-state index contributed by atoms with van der Waals surface area (Å²) in [6.07, 6.45) is 5.05. The number of carbonyl (C=O) groups excluding carboxylic acids is 1. The van der Waals surface area contributed by atoms with Gasteiger partial charge in [0.25, 0.3) is 5.91 Å². The summed E-state index contributed by atoms with van der Waals surface area (Å²) < 4.78 is 15.8. The van der Waals surface area contributed by atoms with Gasteiger partial charge in [0, 0.05) is 32.7 Å². The molecule has 0 aliphatic carbocycles. The number of rotatable bonds is 7. The van der Waals surface area contributed by atoms with Crippen molar-refractivity contribution in [2.24, 2.45) is 0 Å². The first kappa shape index (κ1) is 24.1. The van der Waals surface area contributed by atoms with Gasteiger partial charge in [-0.2, -0.15) is 4.98 Å². The number of aryl methyl sites for hydroxylation is 1. The van der Waals surface area contributed by atoms with Crippen LogP contribution < -0.4 is 10.6 Å². The molecule has 7 nitrogen and oxygen atoms in total. The average Bonchev–Trinajstić information content (AvgIpc) is 3.30. The number of aliphatic hydroxyl groups excluding tert-OH is 1. The van der Waals surface area contributed by atoms with Crippen molar-refractivity contribution in [3.63, 3.8) is 0 Å². The highest BCUT2D eigenvalue weighted by molar-refractivity contribution is 14.1. The zero-order chi connectivity index (χ0) is 24.2. The van der Waals surface area contributed by atoms with Crippen molar-refractivity contribution in [2.75, 3.05) is 11.9 Å². The van der Waals surface area contributed by atoms with E-state index in [1.807, 2.05) is 29.5 Å². The summed E-state index contributed by atoms with van der Waals surface area (Å²) >= 11 is 8.07. The molecular weight excluding hydrogens is 572 g/mol. The van der Waals surface area contributed by atoms with Crippen molar-refractivity contribution in [3.05, 3.63) is 98.2 Å². The molecule has 1 amide bonds. The maximum Gasteiger partial charge on any atom is 0.253 e. The summed E-state index contributed by atoms with van der Waals surface area (Å²) in [6, 6.07) is 12.5. The van der Waals surface area contributed by atoms with E-state index in [4.69, 9.17) is 11.6 Å². The predicted molar refractivity (Wildman–Crippen MR) is 137 cm³/mol. The Morgan fingerprint density at radius 3 is 2.82 bits per heavy atom. The third-order valence-electron chi connectivity index (χ3n) is 5.06. The molecule has 0 unspecified atom stereocenters. The summed E-state index contributed by atoms with van der Waals surface area (Å²) in [6.45, 7) is 1.59. The smallest absolute Gasteiger partial charge is 0.253 e. The number of halogens is 3. The van der Waals surface area contributed by atoms with Crippen LogP contribution in [0, 0.1) is 16.3 Å². The highest BCUT2D eigenvalue weighted by atomic mass is 127. The van der Waals surface area contributed by atoms with Crippen LogP contribution in [0.5, 0.6) is 0 Å². The van der Waals surface area contributed by atoms with Gasteiger partial charge in [-0.25, -0.2) is 9.37 Å². The van der Waals surface area contributed by atoms with Crippen molar-refractivity contribution in [2.45, 2.75) is 13.0 Å². The minimum Gasteiger partial charge on any atom is -0.394 e. The van der Waals surface area contributed by atoms with E-state index in [-0.39, 0.29) is 18.3 Å². The van der Waals surface area contributed by atoms with Crippen molar-refractivity contribution in [3.8, 4) is 5.82 Å². The Balaban J connectivity index is 1.54. The van der Waals surface area contributed by atoms with E-state index in [1.165, 1.54) is 12.1 Å². The number of carbonyl (C=O) groups is 1. The maximum atomic E-state index is 13.4. The molecule has 2 aromatic heterocycles. The first-order chi connectivity index (χ1) is 16.3. The molecule has 3 N–H and O–H groups in total. The predicted octanol–water partition coefficient (Wildman–Crippen LogP) is 5.18. The van der Waals surface area contributed by atoms with Gasteiger partial charge in [-0.3, -0.25) is 4.79 Å². The van der Waals surface area contributed by atoms with E-state index in [2.05, 4.69) is 20.6 Å². The molecule has 4 rings (SSSR count). The van der Waals surface area contributed by atoms with Crippen LogP contribution in [0.25, 0.3) is 5.82 Å². The SMILES string of the molecule is Cc1cnc(Nc2ccc(F)cc2I)nc1-n1ccc(C(=O)N[C@H](CO)c2cccc(Cl)c2)c1. The van der Waals surface area contributed by atoms with E-state index in [9.17, 15) is 14.3 Å². The van der Waals surface area contributed by atoms with Crippen LogP contribution in [0.15, 0.2) is 67.1 Å². The van der Waals surface area contributed by atoms with Crippen LogP contribution in [0.3, 0.4) is 0 Å². The fourth-order valence-electron chi connectivity index (χ4n) is 3.33. The minimum atomic E-state index is -0.593. The van der Waals surface area contributed by atoms with Crippen LogP contribution in [-0.4, -0.2) is 32.2 Å². The van der Waals surface area contributed by atoms with E-state index in [1.54, 1.807) is 59.6 Å². The molecule has 2 aromatic carbocycles. The van der Waals surface area contributed by atoms with Crippen LogP contribution in [0.4, 0.5) is 16.0 Å². The molecule has 2 heterocycles. The molecule has 10 heteroatoms. The molecule has 0 spiro atoms. The molecule has 0 radical (unpaired) electrons. The lowest BCUT2D eigenvalue weighted by molar-refractivity contribution is 0.0916. The van der Waals surface area contributed by atoms with Gasteiger partial charge in [0.15, 0.2) is 0 Å². The Morgan fingerprint density at radius 1 is 1.26 bits per heavy atom. The zero-order valence-corrected chi connectivity index (χ0v) is 20.9. The Labute approximate surface area is 214 Å². The molecular formula is C24H20ClFIN5O2. The van der Waals surface area contributed by atoms with Gasteiger partial charge < -0.3 is 20.3 Å². The van der Waals surface area contributed by atoms with Crippen LogP contribution in [0.2, 0.25) is 5.02 Å². The average molecular weight is 592 g/mol. The summed E-state index contributed by atoms with van der Waals surface area (Å²) in [7, 11) is 0. The highest BCUT2D eigenvalue weighted by Crippen LogP contribution is 2.23. The van der Waals surface area contributed by atoms with Crippen LogP contribution in [0.1, 0.15) is 27.5 Å². The Kier molecular flexibility index (Phi) is 7.44. The summed E-state index contributed by atoms with van der Waals surface area (Å²) in [4.78, 5) is 21.7. The third-order valence-corrected chi connectivity index (χ3v) is 6.19. The minimum absolute atomic E-state index is 0.269. The largest absolute Gasteiger partial charge is 0.394 e. The van der Waals surface area contributed by atoms with Gasteiger partial charge in [-0.15, -0.1) is 0 Å². The van der Waals surface area contributed by atoms with Crippen molar-refractivity contribution >= 4 is 51.7 Å². The monoisotopic (exact) mass is 591 g/mol. The number of benzene rings is 2. The fourth-order valence-corrected chi connectivity index (χ4v) is 4.14. The van der Waals surface area contributed by atoms with Gasteiger partial charge in [0.1, 0.15) is 11.6 Å². The second-order valence-corrected chi connectivity index (χ2v) is 9.12. The van der Waals surface area contributed by atoms with E-state index in [0.717, 1.165) is 5.56 Å². The molecule has 0 aliphatic heterocycles. The number of nitrogens with one attached hydrogen (secondary N) is 2. The number of hydrogen-bond donors (Lipinski definition) is 3. The fraction of sp³-hybridized carbons (Fsp3) is 0.125. The second kappa shape index (κ2) is 10.5. The quantitative estimate of drug-likeness (QED) is 0.258. The van der Waals surface area contributed by atoms with Gasteiger partial charge in [-0.05, 0) is 71.5 Å². The van der Waals surface area contributed by atoms with Crippen molar-refractivity contribution < 1.29 is 14.3 Å². The Bertz CT molecular complexity index is 1350. The zero-order valence-electron chi connectivity index (χ0n) is 18.0. The van der Waals surface area contributed by atoms with Gasteiger partial charge >= 0.3 is 0 Å². The lowest BCUT2D eigenvalue weighted by Crippen LogP contribution is -2.30. The number of amides is 1. The topological polar surface area (TPSA) is 92.1 Å². The first-order valence-corrected chi connectivity index (χ1v) is 11.7. The molecule has 4 aromatic rings. The molecule has 0 saturated carbocycles. The summed E-state index contributed by atoms with van der Waals surface area (Å²) in [5.74, 6) is 0.259. The molecule has 0 fully saturated rings. The highest BCUT2D eigenvalue weighted by Gasteiger charge is 2.17. The number of hydrogen-bond acceptors (Lipinski definition) is 5. The molecule has 0 bridgehead atoms. The normalized spacial score (nSPS) is 11.8. The van der Waals surface area contributed by atoms with Crippen molar-refractivity contribution in [1.82, 2.24) is 19.9 Å². The Morgan fingerprint density at radius 2 is 2.09 bits per heavy atom. The molecule has 34 heavy (non-hydrogen) atoms. The van der Waals surface area contributed by atoms with Gasteiger partial charge in [0.05, 0.1) is 23.9 Å². The molecule has 0 aliphatic rings. The molecule has 0 saturated heterocycles. The summed E-state index contributed by atoms with van der Waals surface area (Å²) in [5, 5.41) is 16.2. The number of aliphatic hydroxyl groups is 1. The van der Waals surface area contributed by atoms with E-state index >= 15 is 0 Å². The first-order valence-electron chi connectivity index (χ1n) is 10.3. The molecule has 1 atom stereocenters. The number of nitrogens with zero attached hydrogens (tertiary/aromatic N) is 3. The molecule has 174 valence electrons. The third kappa shape index (κ3) is 5.54. The lowest BCUT2D eigenvalue weighted by atomic mass is 10.1. The van der Waals surface area contributed by atoms with E-state index < -0.39 is 6.04 Å². The van der Waals surface area contributed by atoms with Gasteiger partial charge in [-0.1, -0.05) is 23.7 Å². The van der Waals surface area contributed by atoms with E-state index in [0.29, 0.717) is 37.2 Å². The maximum absolute atomic E-state index is 13.4. The summed E-state index contributed by atoms with van der Waals surface area (Å²) in [5.41, 5.74) is 2.59. The van der Waals surface area contributed by atoms with Crippen LogP contribution in [-0.2, 0) is 0 Å². The standard InChI is InChI=1S/C24H20ClFIN5O2/c1-14-11-28-24(30-20-6-5-18(26)10-19(20)27)31-22(14)32-8-7-16(12-32)23(34)29-21(13-33)15-3-2-4-17(25)9-15/h2-12,21,33H,13H2,1H3,(H,29,34)(H,28,30,31)/t21-/m1/s1. The second-order valence-electron chi connectivity index (χ2n) is 7.52. The Hall–Kier alpha value is -3.02. The lowest BCUT2D eigenvalue weighted by Gasteiger charge is -2.16. The number of aromatic nitrogens is 3. The van der Waals surface area contributed by atoms with Gasteiger partial charge in [0.2, 0.25) is 5.95 Å². The number of anilines is 2. The van der Waals surface area contributed by atoms with Crippen molar-refractivity contribution in [1.29, 1.82) is 0 Å².